The molecule has 0 amide bonds. The zero-order valence-corrected chi connectivity index (χ0v) is 11.6. The monoisotopic (exact) mass is 239 g/mol. The molecule has 1 saturated heterocycles. The number of likely N-dealkylation sites (N-methyl/N-ethyl adjacent to an activating group) is 1. The Labute approximate surface area is 107 Å². The number of piperazine rings is 1. The summed E-state index contributed by atoms with van der Waals surface area (Å²) in [5.74, 6) is 0. The van der Waals surface area contributed by atoms with Crippen LogP contribution in [0.5, 0.6) is 0 Å². The highest BCUT2D eigenvalue weighted by molar-refractivity contribution is 4.81. The molecule has 100 valence electrons. The lowest BCUT2D eigenvalue weighted by Crippen LogP contribution is -2.51. The molecule has 3 heteroatoms. The third kappa shape index (κ3) is 4.57. The van der Waals surface area contributed by atoms with Gasteiger partial charge in [-0.15, -0.1) is 0 Å². The van der Waals surface area contributed by atoms with Gasteiger partial charge in [-0.05, 0) is 52.2 Å². The molecule has 0 aromatic rings. The number of unbranched alkanes of at least 4 members (excludes halogenated alkanes) is 1. The SMILES string of the molecule is CCC1CN(CCCCNC2CC2)CCN1C. The zero-order chi connectivity index (χ0) is 12.1. The van der Waals surface area contributed by atoms with Crippen molar-refractivity contribution in [3.05, 3.63) is 0 Å². The molecule has 1 aliphatic carbocycles. The van der Waals surface area contributed by atoms with Gasteiger partial charge in [0.25, 0.3) is 0 Å². The van der Waals surface area contributed by atoms with Crippen LogP contribution in [-0.4, -0.2) is 61.7 Å². The zero-order valence-electron chi connectivity index (χ0n) is 11.6. The summed E-state index contributed by atoms with van der Waals surface area (Å²) in [5.41, 5.74) is 0. The van der Waals surface area contributed by atoms with Crippen LogP contribution in [0, 0.1) is 0 Å². The molecule has 1 saturated carbocycles. The minimum Gasteiger partial charge on any atom is -0.314 e. The molecular weight excluding hydrogens is 210 g/mol. The molecule has 2 rings (SSSR count). The van der Waals surface area contributed by atoms with E-state index in [0.29, 0.717) is 0 Å². The topological polar surface area (TPSA) is 18.5 Å². The molecule has 0 radical (unpaired) electrons. The van der Waals surface area contributed by atoms with Crippen LogP contribution in [0.4, 0.5) is 0 Å². The smallest absolute Gasteiger partial charge is 0.0218 e. The molecule has 0 aromatic heterocycles. The number of rotatable bonds is 7. The first-order valence-corrected chi connectivity index (χ1v) is 7.45. The average Bonchev–Trinajstić information content (AvgIpc) is 3.15. The molecule has 17 heavy (non-hydrogen) atoms. The third-order valence-corrected chi connectivity index (χ3v) is 4.24. The van der Waals surface area contributed by atoms with Crippen molar-refractivity contribution in [2.75, 3.05) is 39.8 Å². The maximum atomic E-state index is 3.59. The second kappa shape index (κ2) is 6.72. The molecule has 1 N–H and O–H groups in total. The van der Waals surface area contributed by atoms with Gasteiger partial charge in [0.2, 0.25) is 0 Å². The van der Waals surface area contributed by atoms with E-state index in [-0.39, 0.29) is 0 Å². The van der Waals surface area contributed by atoms with Gasteiger partial charge in [-0.25, -0.2) is 0 Å². The lowest BCUT2D eigenvalue weighted by molar-refractivity contribution is 0.0921. The van der Waals surface area contributed by atoms with E-state index < -0.39 is 0 Å². The van der Waals surface area contributed by atoms with Crippen LogP contribution in [0.3, 0.4) is 0 Å². The normalized spacial score (nSPS) is 27.5. The highest BCUT2D eigenvalue weighted by Crippen LogP contribution is 2.18. The van der Waals surface area contributed by atoms with E-state index in [2.05, 4.69) is 29.1 Å². The van der Waals surface area contributed by atoms with Crippen molar-refractivity contribution in [2.24, 2.45) is 0 Å². The van der Waals surface area contributed by atoms with Crippen molar-refractivity contribution in [1.29, 1.82) is 0 Å². The van der Waals surface area contributed by atoms with E-state index in [1.165, 1.54) is 64.8 Å². The summed E-state index contributed by atoms with van der Waals surface area (Å²) >= 11 is 0. The van der Waals surface area contributed by atoms with Crippen molar-refractivity contribution in [2.45, 2.75) is 51.1 Å². The van der Waals surface area contributed by atoms with Crippen molar-refractivity contribution in [1.82, 2.24) is 15.1 Å². The molecule has 2 aliphatic rings. The van der Waals surface area contributed by atoms with E-state index in [0.717, 1.165) is 12.1 Å². The summed E-state index contributed by atoms with van der Waals surface area (Å²) in [6.07, 6.45) is 6.82. The van der Waals surface area contributed by atoms with Crippen LogP contribution >= 0.6 is 0 Å². The Kier molecular flexibility index (Phi) is 5.26. The summed E-state index contributed by atoms with van der Waals surface area (Å²) in [4.78, 5) is 5.18. The Balaban J connectivity index is 1.52. The molecule has 3 nitrogen and oxygen atoms in total. The second-order valence-corrected chi connectivity index (χ2v) is 5.78. The second-order valence-electron chi connectivity index (χ2n) is 5.78. The third-order valence-electron chi connectivity index (χ3n) is 4.24. The summed E-state index contributed by atoms with van der Waals surface area (Å²) < 4.78 is 0. The molecule has 0 bridgehead atoms. The molecule has 2 fully saturated rings. The minimum absolute atomic E-state index is 0.785. The molecule has 1 aliphatic heterocycles. The van der Waals surface area contributed by atoms with Crippen molar-refractivity contribution in [3.8, 4) is 0 Å². The molecule has 1 heterocycles. The van der Waals surface area contributed by atoms with Gasteiger partial charge in [-0.2, -0.15) is 0 Å². The molecule has 0 aromatic carbocycles. The Morgan fingerprint density at radius 1 is 1.18 bits per heavy atom. The molecule has 1 unspecified atom stereocenters. The van der Waals surface area contributed by atoms with E-state index >= 15 is 0 Å². The summed E-state index contributed by atoms with van der Waals surface area (Å²) in [5, 5.41) is 3.59. The fourth-order valence-corrected chi connectivity index (χ4v) is 2.71. The lowest BCUT2D eigenvalue weighted by Gasteiger charge is -2.39. The lowest BCUT2D eigenvalue weighted by atomic mass is 10.1. The number of nitrogens with zero attached hydrogens (tertiary/aromatic N) is 2. The first-order valence-electron chi connectivity index (χ1n) is 7.45. The Morgan fingerprint density at radius 2 is 2.00 bits per heavy atom. The van der Waals surface area contributed by atoms with Gasteiger partial charge in [-0.3, -0.25) is 0 Å². The molecule has 1 atom stereocenters. The number of hydrogen-bond donors (Lipinski definition) is 1. The van der Waals surface area contributed by atoms with Gasteiger partial charge in [0.05, 0.1) is 0 Å². The summed E-state index contributed by atoms with van der Waals surface area (Å²) in [7, 11) is 2.27. The average molecular weight is 239 g/mol. The highest BCUT2D eigenvalue weighted by Gasteiger charge is 2.22. The summed E-state index contributed by atoms with van der Waals surface area (Å²) in [6.45, 7) is 8.64. The first-order chi connectivity index (χ1) is 8.29. The van der Waals surface area contributed by atoms with Gasteiger partial charge in [0.1, 0.15) is 0 Å². The van der Waals surface area contributed by atoms with E-state index in [4.69, 9.17) is 0 Å². The van der Waals surface area contributed by atoms with Crippen LogP contribution in [0.15, 0.2) is 0 Å². The fourth-order valence-electron chi connectivity index (χ4n) is 2.71. The maximum Gasteiger partial charge on any atom is 0.0218 e. The molecular formula is C14H29N3. The number of hydrogen-bond acceptors (Lipinski definition) is 3. The first kappa shape index (κ1) is 13.3. The van der Waals surface area contributed by atoms with Gasteiger partial charge < -0.3 is 15.1 Å². The molecule has 0 spiro atoms. The quantitative estimate of drug-likeness (QED) is 0.680. The van der Waals surface area contributed by atoms with Crippen molar-refractivity contribution in [3.63, 3.8) is 0 Å². The fraction of sp³-hybridized carbons (Fsp3) is 1.00. The van der Waals surface area contributed by atoms with Gasteiger partial charge in [-0.1, -0.05) is 6.92 Å². The van der Waals surface area contributed by atoms with E-state index in [1.54, 1.807) is 0 Å². The van der Waals surface area contributed by atoms with Gasteiger partial charge >= 0.3 is 0 Å². The predicted molar refractivity (Wildman–Crippen MR) is 73.4 cm³/mol. The predicted octanol–water partition coefficient (Wildman–Crippen LogP) is 1.54. The van der Waals surface area contributed by atoms with Crippen LogP contribution in [0.1, 0.15) is 39.0 Å². The van der Waals surface area contributed by atoms with Crippen molar-refractivity contribution < 1.29 is 0 Å². The Morgan fingerprint density at radius 3 is 2.71 bits per heavy atom. The maximum absolute atomic E-state index is 3.59. The minimum atomic E-state index is 0.785. The number of nitrogens with one attached hydrogen (secondary N) is 1. The van der Waals surface area contributed by atoms with E-state index in [1.807, 2.05) is 0 Å². The van der Waals surface area contributed by atoms with Crippen LogP contribution in [-0.2, 0) is 0 Å². The van der Waals surface area contributed by atoms with Gasteiger partial charge in [0, 0.05) is 31.7 Å². The largest absolute Gasteiger partial charge is 0.314 e. The van der Waals surface area contributed by atoms with Crippen LogP contribution in [0.2, 0.25) is 0 Å². The Hall–Kier alpha value is -0.120. The van der Waals surface area contributed by atoms with Crippen LogP contribution in [0.25, 0.3) is 0 Å². The van der Waals surface area contributed by atoms with E-state index in [9.17, 15) is 0 Å². The van der Waals surface area contributed by atoms with Gasteiger partial charge in [0.15, 0.2) is 0 Å². The Bertz CT molecular complexity index is 216. The van der Waals surface area contributed by atoms with Crippen LogP contribution < -0.4 is 5.32 Å². The van der Waals surface area contributed by atoms with Crippen molar-refractivity contribution >= 4 is 0 Å². The highest BCUT2D eigenvalue weighted by atomic mass is 15.3. The summed E-state index contributed by atoms with van der Waals surface area (Å²) in [6, 6.07) is 1.66. The standard InChI is InChI=1S/C14H29N3/c1-3-14-12-17(11-10-16(14)2)9-5-4-8-15-13-6-7-13/h13-15H,3-12H2,1-2H3.